The largest absolute Gasteiger partial charge is 0.507 e. The van der Waals surface area contributed by atoms with Crippen molar-refractivity contribution >= 4 is 52.0 Å². The number of hydrogen-bond acceptors (Lipinski definition) is 7. The third-order valence-corrected chi connectivity index (χ3v) is 10.9. The van der Waals surface area contributed by atoms with Crippen molar-refractivity contribution in [3.8, 4) is 17.2 Å². The molecule has 4 aliphatic rings. The minimum atomic E-state index is -0.688. The summed E-state index contributed by atoms with van der Waals surface area (Å²) in [6.07, 6.45) is 7.78. The Kier molecular flexibility index (Phi) is 7.82. The lowest BCUT2D eigenvalue weighted by molar-refractivity contribution is -0.123. The number of amides is 2. The molecule has 1 aliphatic heterocycles. The second-order valence-corrected chi connectivity index (χ2v) is 13.5. The number of hydrogen-bond donors (Lipinski definition) is 1. The van der Waals surface area contributed by atoms with Crippen LogP contribution in [0.25, 0.3) is 22.9 Å². The molecule has 8 heteroatoms. The first-order chi connectivity index (χ1) is 24.7. The zero-order chi connectivity index (χ0) is 35.6. The summed E-state index contributed by atoms with van der Waals surface area (Å²) in [7, 11) is 3.21. The number of nitrogens with zero attached hydrogens (tertiary/aromatic N) is 1. The van der Waals surface area contributed by atoms with Gasteiger partial charge in [-0.15, -0.1) is 0 Å². The van der Waals surface area contributed by atoms with Crippen molar-refractivity contribution in [3.63, 3.8) is 0 Å². The van der Waals surface area contributed by atoms with Crippen molar-refractivity contribution in [2.24, 2.45) is 17.8 Å². The number of phenolic OH excluding ortho intramolecular Hbond substituents is 1. The summed E-state index contributed by atoms with van der Waals surface area (Å²) >= 11 is 0. The monoisotopic (exact) mass is 677 g/mol. The number of benzene rings is 4. The lowest BCUT2D eigenvalue weighted by Crippen LogP contribution is -2.39. The highest BCUT2D eigenvalue weighted by molar-refractivity contribution is 6.25. The van der Waals surface area contributed by atoms with E-state index in [-0.39, 0.29) is 35.6 Å². The maximum atomic E-state index is 14.4. The van der Waals surface area contributed by atoms with Crippen LogP contribution in [0.15, 0.2) is 113 Å². The number of aromatic hydroxyl groups is 1. The van der Waals surface area contributed by atoms with Gasteiger partial charge in [-0.05, 0) is 84.7 Å². The highest BCUT2D eigenvalue weighted by atomic mass is 16.5. The summed E-state index contributed by atoms with van der Waals surface area (Å²) < 4.78 is 10.8. The van der Waals surface area contributed by atoms with Gasteiger partial charge in [0.1, 0.15) is 17.2 Å². The second kappa shape index (κ2) is 12.4. The van der Waals surface area contributed by atoms with E-state index in [1.54, 1.807) is 39.3 Å². The van der Waals surface area contributed by atoms with Crippen molar-refractivity contribution in [2.75, 3.05) is 19.1 Å². The van der Waals surface area contributed by atoms with Crippen molar-refractivity contribution in [1.82, 2.24) is 0 Å². The predicted molar refractivity (Wildman–Crippen MR) is 194 cm³/mol. The Morgan fingerprint density at radius 2 is 1.59 bits per heavy atom. The van der Waals surface area contributed by atoms with Gasteiger partial charge in [0, 0.05) is 33.6 Å². The Hall–Kier alpha value is -6.02. The van der Waals surface area contributed by atoms with E-state index < -0.39 is 23.7 Å². The molecule has 4 aromatic carbocycles. The molecule has 1 heterocycles. The molecule has 1 saturated heterocycles. The van der Waals surface area contributed by atoms with E-state index in [4.69, 9.17) is 9.47 Å². The molecule has 0 bridgehead atoms. The molecule has 0 spiro atoms. The van der Waals surface area contributed by atoms with Crippen molar-refractivity contribution in [1.29, 1.82) is 0 Å². The number of rotatable bonds is 6. The van der Waals surface area contributed by atoms with Crippen LogP contribution in [0.1, 0.15) is 42.4 Å². The zero-order valence-electron chi connectivity index (χ0n) is 28.4. The van der Waals surface area contributed by atoms with E-state index >= 15 is 0 Å². The third kappa shape index (κ3) is 5.12. The minimum absolute atomic E-state index is 0.115. The molecule has 8 rings (SSSR count). The Morgan fingerprint density at radius 1 is 0.824 bits per heavy atom. The molecule has 3 aliphatic carbocycles. The minimum Gasteiger partial charge on any atom is -0.507 e. The maximum absolute atomic E-state index is 14.4. The molecular formula is C43H35NO7. The summed E-state index contributed by atoms with van der Waals surface area (Å²) in [5.41, 5.74) is 5.05. The maximum Gasteiger partial charge on any atom is 0.238 e. The number of phenols is 1. The molecular weight excluding hydrogens is 642 g/mol. The first-order valence-electron chi connectivity index (χ1n) is 17.0. The number of ether oxygens (including phenoxy) is 2. The quantitative estimate of drug-likeness (QED) is 0.0983. The summed E-state index contributed by atoms with van der Waals surface area (Å²) in [6.45, 7) is 1.65. The van der Waals surface area contributed by atoms with Crippen molar-refractivity contribution in [3.05, 3.63) is 130 Å². The van der Waals surface area contributed by atoms with Crippen LogP contribution in [0, 0.1) is 17.8 Å². The van der Waals surface area contributed by atoms with Gasteiger partial charge in [-0.3, -0.25) is 24.1 Å². The van der Waals surface area contributed by atoms with Gasteiger partial charge < -0.3 is 14.6 Å². The van der Waals surface area contributed by atoms with E-state index in [9.17, 15) is 24.3 Å². The van der Waals surface area contributed by atoms with Crippen LogP contribution in [0.2, 0.25) is 0 Å². The van der Waals surface area contributed by atoms with Gasteiger partial charge in [-0.1, -0.05) is 66.3 Å². The number of anilines is 1. The number of allylic oxidation sites excluding steroid dienone is 6. The second-order valence-electron chi connectivity index (χ2n) is 13.5. The molecule has 2 amide bonds. The first-order valence-corrected chi connectivity index (χ1v) is 17.0. The van der Waals surface area contributed by atoms with Crippen molar-refractivity contribution in [2.45, 2.75) is 25.7 Å². The fourth-order valence-corrected chi connectivity index (χ4v) is 8.42. The molecule has 4 unspecified atom stereocenters. The summed E-state index contributed by atoms with van der Waals surface area (Å²) in [4.78, 5) is 57.2. The molecule has 0 aromatic heterocycles. The van der Waals surface area contributed by atoms with Crippen LogP contribution in [-0.4, -0.2) is 42.7 Å². The number of carbonyl (C=O) groups is 4. The predicted octanol–water partition coefficient (Wildman–Crippen LogP) is 7.37. The van der Waals surface area contributed by atoms with E-state index in [0.717, 1.165) is 27.6 Å². The summed E-state index contributed by atoms with van der Waals surface area (Å²) in [5, 5.41) is 12.1. The smallest absolute Gasteiger partial charge is 0.238 e. The van der Waals surface area contributed by atoms with Crippen LogP contribution in [0.3, 0.4) is 0 Å². The van der Waals surface area contributed by atoms with E-state index in [0.29, 0.717) is 45.7 Å². The molecule has 4 aromatic rings. The van der Waals surface area contributed by atoms with Crippen LogP contribution >= 0.6 is 0 Å². The standard InChI is InChI=1S/C43H35NO7/c1-23-20-36(46)34-22-33-31(38(40(34)41(23)47)30-17-18-35(45)29-7-5-4-6-28(29)30)15-16-32-39(33)43(49)44(42(32)48)26-12-9-24(10-13-26)8-11-25-21-27(50-2)14-19-37(25)51-3/h4-15,17-21,32-33,38-39,45H,16,22H2,1-3H3. The molecule has 0 saturated carbocycles. The van der Waals surface area contributed by atoms with Crippen LogP contribution < -0.4 is 14.4 Å². The van der Waals surface area contributed by atoms with Gasteiger partial charge in [-0.25, -0.2) is 0 Å². The van der Waals surface area contributed by atoms with Gasteiger partial charge >= 0.3 is 0 Å². The van der Waals surface area contributed by atoms with Gasteiger partial charge in [0.15, 0.2) is 11.6 Å². The average molecular weight is 678 g/mol. The van der Waals surface area contributed by atoms with Crippen LogP contribution in [0.4, 0.5) is 5.69 Å². The fraction of sp³-hybridized carbons (Fsp3) is 0.209. The number of imide groups is 1. The fourth-order valence-electron chi connectivity index (χ4n) is 8.42. The Balaban J connectivity index is 1.14. The summed E-state index contributed by atoms with van der Waals surface area (Å²) in [5.74, 6) is -1.80. The van der Waals surface area contributed by atoms with E-state index in [1.807, 2.05) is 78.9 Å². The number of ketones is 2. The first kappa shape index (κ1) is 32.2. The summed E-state index contributed by atoms with van der Waals surface area (Å²) in [6, 6.07) is 23.7. The molecule has 8 nitrogen and oxygen atoms in total. The molecule has 0 radical (unpaired) electrons. The van der Waals surface area contributed by atoms with Crippen LogP contribution in [-0.2, 0) is 19.2 Å². The van der Waals surface area contributed by atoms with Gasteiger partial charge in [0.05, 0.1) is 31.7 Å². The Bertz CT molecular complexity index is 2310. The number of methoxy groups -OCH3 is 2. The number of carbonyl (C=O) groups excluding carboxylic acids is 4. The highest BCUT2D eigenvalue weighted by Gasteiger charge is 2.56. The zero-order valence-corrected chi connectivity index (χ0v) is 28.4. The Labute approximate surface area is 295 Å². The van der Waals surface area contributed by atoms with Gasteiger partial charge in [0.2, 0.25) is 11.8 Å². The molecule has 51 heavy (non-hydrogen) atoms. The Morgan fingerprint density at radius 3 is 2.33 bits per heavy atom. The SMILES string of the molecule is COc1ccc(OC)c(C=Cc2ccc(N3C(=O)C4CC=C5C(c6ccc(O)c7ccccc67)C6=C(CC5C4C3=O)C(=O)C=C(C)C6=O)cc2)c1. The van der Waals surface area contributed by atoms with E-state index in [2.05, 4.69) is 0 Å². The topological polar surface area (TPSA) is 110 Å². The molecule has 1 N–H and O–H groups in total. The number of fused-ring (bicyclic) bond motifs is 4. The normalized spacial score (nSPS) is 22.9. The third-order valence-electron chi connectivity index (χ3n) is 10.9. The van der Waals surface area contributed by atoms with Gasteiger partial charge in [-0.2, -0.15) is 0 Å². The highest BCUT2D eigenvalue weighted by Crippen LogP contribution is 2.56. The molecule has 254 valence electrons. The van der Waals surface area contributed by atoms with E-state index in [1.165, 1.54) is 11.0 Å². The lowest BCUT2D eigenvalue weighted by Gasteiger charge is -2.42. The number of Topliss-reactive ketones (excluding diaryl/α,β-unsaturated/α-hetero) is 1. The van der Waals surface area contributed by atoms with Crippen LogP contribution in [0.5, 0.6) is 17.2 Å². The lowest BCUT2D eigenvalue weighted by atomic mass is 9.59. The molecule has 4 atom stereocenters. The van der Waals surface area contributed by atoms with Crippen molar-refractivity contribution < 1.29 is 33.8 Å². The van der Waals surface area contributed by atoms with Gasteiger partial charge in [0.25, 0.3) is 0 Å². The average Bonchev–Trinajstić information content (AvgIpc) is 3.41. The molecule has 1 fully saturated rings.